The number of nitrogens with two attached hydrogens (primary N) is 1. The third-order valence-corrected chi connectivity index (χ3v) is 7.61. The molecule has 0 radical (unpaired) electrons. The van der Waals surface area contributed by atoms with Crippen LogP contribution in [0, 0.1) is 23.1 Å². The summed E-state index contributed by atoms with van der Waals surface area (Å²) in [6, 6.07) is 2.38. The summed E-state index contributed by atoms with van der Waals surface area (Å²) < 4.78 is 14.6. The second-order valence-electron chi connectivity index (χ2n) is 9.94. The maximum absolute atomic E-state index is 14.6. The van der Waals surface area contributed by atoms with E-state index in [1.54, 1.807) is 0 Å². The molecule has 3 N–H and O–H groups in total. The van der Waals surface area contributed by atoms with Crippen LogP contribution in [-0.4, -0.2) is 11.8 Å². The third kappa shape index (κ3) is 7.34. The fourth-order valence-corrected chi connectivity index (χ4v) is 5.18. The monoisotopic (exact) mass is 486 g/mol. The fourth-order valence-electron chi connectivity index (χ4n) is 4.75. The van der Waals surface area contributed by atoms with Crippen molar-refractivity contribution >= 4 is 35.0 Å². The van der Waals surface area contributed by atoms with E-state index in [4.69, 9.17) is 28.9 Å². The number of amides is 2. The van der Waals surface area contributed by atoms with Gasteiger partial charge in [0.25, 0.3) is 0 Å². The topological polar surface area (TPSA) is 72.2 Å². The lowest BCUT2D eigenvalue weighted by molar-refractivity contribution is -0.126. The quantitative estimate of drug-likeness (QED) is 0.408. The Labute approximate surface area is 201 Å². The highest BCUT2D eigenvalue weighted by molar-refractivity contribution is 6.42. The van der Waals surface area contributed by atoms with E-state index in [0.29, 0.717) is 22.9 Å². The number of nitrogens with one attached hydrogen (secondary N) is 1. The maximum Gasteiger partial charge on any atom is 0.223 e. The largest absolute Gasteiger partial charge is 0.370 e. The highest BCUT2D eigenvalue weighted by Gasteiger charge is 2.42. The van der Waals surface area contributed by atoms with E-state index in [-0.39, 0.29) is 28.2 Å². The minimum Gasteiger partial charge on any atom is -0.370 e. The van der Waals surface area contributed by atoms with E-state index in [9.17, 15) is 14.0 Å². The second kappa shape index (κ2) is 12.2. The van der Waals surface area contributed by atoms with Crippen molar-refractivity contribution in [1.29, 1.82) is 0 Å². The highest BCUT2D eigenvalue weighted by atomic mass is 35.5. The molecule has 0 aromatic heterocycles. The molecular formula is C25H37Cl2FN2O2. The van der Waals surface area contributed by atoms with Gasteiger partial charge in [-0.3, -0.25) is 9.59 Å². The zero-order valence-corrected chi connectivity index (χ0v) is 21.0. The van der Waals surface area contributed by atoms with E-state index < -0.39 is 11.9 Å². The third-order valence-electron chi connectivity index (χ3n) is 6.79. The molecule has 180 valence electrons. The Morgan fingerprint density at radius 2 is 1.75 bits per heavy atom. The van der Waals surface area contributed by atoms with Crippen molar-refractivity contribution < 1.29 is 14.0 Å². The first-order valence-electron chi connectivity index (χ1n) is 11.8. The smallest absolute Gasteiger partial charge is 0.223 e. The number of rotatable bonds is 7. The summed E-state index contributed by atoms with van der Waals surface area (Å²) >= 11 is 12.5. The molecule has 0 spiro atoms. The van der Waals surface area contributed by atoms with Crippen molar-refractivity contribution in [2.24, 2.45) is 23.0 Å². The molecule has 0 bridgehead atoms. The van der Waals surface area contributed by atoms with Gasteiger partial charge in [-0.2, -0.15) is 0 Å². The average Bonchev–Trinajstić information content (AvgIpc) is 3.42. The second-order valence-corrected chi connectivity index (χ2v) is 10.7. The van der Waals surface area contributed by atoms with Crippen LogP contribution in [0.1, 0.15) is 96.6 Å². The van der Waals surface area contributed by atoms with Gasteiger partial charge < -0.3 is 11.1 Å². The van der Waals surface area contributed by atoms with E-state index >= 15 is 0 Å². The molecule has 2 aliphatic rings. The Kier molecular flexibility index (Phi) is 10.3. The molecule has 1 aromatic carbocycles. The zero-order chi connectivity index (χ0) is 23.9. The minimum atomic E-state index is -0.431. The van der Waals surface area contributed by atoms with Gasteiger partial charge in [0.1, 0.15) is 5.82 Å². The summed E-state index contributed by atoms with van der Waals surface area (Å²) in [5, 5.41) is 3.70. The van der Waals surface area contributed by atoms with Crippen LogP contribution in [0.3, 0.4) is 0 Å². The van der Waals surface area contributed by atoms with Crippen LogP contribution in [0.5, 0.6) is 0 Å². The van der Waals surface area contributed by atoms with Gasteiger partial charge in [0.05, 0.1) is 16.1 Å². The maximum atomic E-state index is 14.6. The fraction of sp³-hybridized carbons (Fsp3) is 0.680. The van der Waals surface area contributed by atoms with Gasteiger partial charge in [-0.05, 0) is 55.6 Å². The number of halogens is 3. The summed E-state index contributed by atoms with van der Waals surface area (Å²) in [7, 11) is 0. The first-order chi connectivity index (χ1) is 15.0. The molecule has 0 aliphatic heterocycles. The minimum absolute atomic E-state index is 0.0288. The molecule has 2 amide bonds. The Hall–Kier alpha value is -1.33. The highest BCUT2D eigenvalue weighted by Crippen LogP contribution is 2.50. The van der Waals surface area contributed by atoms with Crippen LogP contribution in [0.4, 0.5) is 4.39 Å². The molecule has 3 rings (SSSR count). The molecule has 7 heteroatoms. The molecule has 1 atom stereocenters. The molecule has 1 aromatic rings. The summed E-state index contributed by atoms with van der Waals surface area (Å²) in [4.78, 5) is 22.9. The SMILES string of the molecule is CC(C)CCC(N)=O.CC1(C(NC(=O)C2CCCC2)c2c(F)ccc(Cl)c2Cl)CCCC1. The van der Waals surface area contributed by atoms with Crippen LogP contribution >= 0.6 is 23.2 Å². The summed E-state index contributed by atoms with van der Waals surface area (Å²) in [5.41, 5.74) is 5.06. The van der Waals surface area contributed by atoms with E-state index in [2.05, 4.69) is 26.1 Å². The van der Waals surface area contributed by atoms with E-state index in [0.717, 1.165) is 57.8 Å². The molecule has 2 aliphatic carbocycles. The zero-order valence-electron chi connectivity index (χ0n) is 19.5. The molecule has 0 heterocycles. The number of hydrogen-bond donors (Lipinski definition) is 2. The van der Waals surface area contributed by atoms with E-state index in [1.807, 2.05) is 0 Å². The van der Waals surface area contributed by atoms with E-state index in [1.165, 1.54) is 12.1 Å². The first-order valence-corrected chi connectivity index (χ1v) is 12.5. The van der Waals surface area contributed by atoms with Gasteiger partial charge in [-0.25, -0.2) is 4.39 Å². The van der Waals surface area contributed by atoms with Crippen LogP contribution in [0.15, 0.2) is 12.1 Å². The van der Waals surface area contributed by atoms with Gasteiger partial charge in [0.15, 0.2) is 0 Å². The molecule has 2 saturated carbocycles. The Bertz CT molecular complexity index is 788. The lowest BCUT2D eigenvalue weighted by Gasteiger charge is -2.36. The van der Waals surface area contributed by atoms with Crippen molar-refractivity contribution in [2.75, 3.05) is 0 Å². The Morgan fingerprint density at radius 1 is 1.16 bits per heavy atom. The number of primary amides is 1. The van der Waals surface area contributed by atoms with Crippen LogP contribution < -0.4 is 11.1 Å². The molecule has 0 saturated heterocycles. The lowest BCUT2D eigenvalue weighted by atomic mass is 9.76. The van der Waals surface area contributed by atoms with Crippen LogP contribution in [0.25, 0.3) is 0 Å². The van der Waals surface area contributed by atoms with Crippen molar-refractivity contribution in [1.82, 2.24) is 5.32 Å². The van der Waals surface area contributed by atoms with Gasteiger partial charge in [0.2, 0.25) is 11.8 Å². The summed E-state index contributed by atoms with van der Waals surface area (Å²) in [5.74, 6) is 0.0649. The summed E-state index contributed by atoms with van der Waals surface area (Å²) in [6.07, 6.45) is 9.53. The van der Waals surface area contributed by atoms with Crippen molar-refractivity contribution in [3.63, 3.8) is 0 Å². The van der Waals surface area contributed by atoms with Crippen molar-refractivity contribution in [2.45, 2.75) is 91.0 Å². The molecule has 32 heavy (non-hydrogen) atoms. The molecule has 4 nitrogen and oxygen atoms in total. The standard InChI is InChI=1S/C19H24Cl2FNO.C6H13NO/c1-19(10-4-5-11-19)17(23-18(24)12-6-2-3-7-12)15-14(22)9-8-13(20)16(15)21;1-5(2)3-4-6(7)8/h8-9,12,17H,2-7,10-11H2,1H3,(H,23,24);5H,3-4H2,1-2H3,(H2,7,8). The van der Waals surface area contributed by atoms with Crippen molar-refractivity contribution in [3.8, 4) is 0 Å². The van der Waals surface area contributed by atoms with Gasteiger partial charge in [-0.15, -0.1) is 0 Å². The first kappa shape index (κ1) is 26.9. The summed E-state index contributed by atoms with van der Waals surface area (Å²) in [6.45, 7) is 6.27. The molecular weight excluding hydrogens is 450 g/mol. The van der Waals surface area contributed by atoms with Gasteiger partial charge >= 0.3 is 0 Å². The predicted octanol–water partition coefficient (Wildman–Crippen LogP) is 6.97. The lowest BCUT2D eigenvalue weighted by Crippen LogP contribution is -2.41. The normalized spacial score (nSPS) is 18.8. The Morgan fingerprint density at radius 3 is 2.25 bits per heavy atom. The van der Waals surface area contributed by atoms with Crippen LogP contribution in [0.2, 0.25) is 10.0 Å². The average molecular weight is 487 g/mol. The number of carbonyl (C=O) groups excluding carboxylic acids is 2. The number of carbonyl (C=O) groups is 2. The number of hydrogen-bond acceptors (Lipinski definition) is 2. The predicted molar refractivity (Wildman–Crippen MR) is 129 cm³/mol. The van der Waals surface area contributed by atoms with Gasteiger partial charge in [0, 0.05) is 17.9 Å². The Balaban J connectivity index is 0.000000390. The number of benzene rings is 1. The molecule has 1 unspecified atom stereocenters. The van der Waals surface area contributed by atoms with Gasteiger partial charge in [-0.1, -0.05) is 69.7 Å². The van der Waals surface area contributed by atoms with Crippen molar-refractivity contribution in [3.05, 3.63) is 33.6 Å². The van der Waals surface area contributed by atoms with Crippen LogP contribution in [-0.2, 0) is 9.59 Å². The molecule has 2 fully saturated rings.